The number of rotatable bonds is 7. The summed E-state index contributed by atoms with van der Waals surface area (Å²) in [6.45, 7) is 12.0. The lowest BCUT2D eigenvalue weighted by Gasteiger charge is -2.41. The fraction of sp³-hybridized carbons (Fsp3) is 0.750. The number of thiocarbonyl (C=S) groups is 1. The van der Waals surface area contributed by atoms with Gasteiger partial charge in [0.15, 0.2) is 24.4 Å². The zero-order valence-electron chi connectivity index (χ0n) is 27.9. The van der Waals surface area contributed by atoms with E-state index in [9.17, 15) is 0 Å². The van der Waals surface area contributed by atoms with Crippen LogP contribution in [0.1, 0.15) is 97.8 Å². The molecular formula is C36H53NO5S2Si. The molecule has 0 bridgehead atoms. The Bertz CT molecular complexity index is 1390. The predicted octanol–water partition coefficient (Wildman–Crippen LogP) is 7.67. The average Bonchev–Trinajstić information content (AvgIpc) is 3.64. The fourth-order valence-corrected chi connectivity index (χ4v) is 12.7. The van der Waals surface area contributed by atoms with Gasteiger partial charge >= 0.3 is 0 Å². The molecule has 1 aromatic rings. The highest BCUT2D eigenvalue weighted by molar-refractivity contribution is 7.93. The summed E-state index contributed by atoms with van der Waals surface area (Å²) in [5, 5.41) is -0.0221. The van der Waals surface area contributed by atoms with E-state index in [4.69, 9.17) is 26.1 Å². The average molecular weight is 672 g/mol. The molecular weight excluding hydrogens is 619 g/mol. The number of sulfone groups is 1. The van der Waals surface area contributed by atoms with E-state index in [1.165, 1.54) is 19.3 Å². The second-order valence-corrected chi connectivity index (χ2v) is 23.1. The molecule has 9 heteroatoms. The van der Waals surface area contributed by atoms with Crippen LogP contribution < -0.4 is 0 Å². The Labute approximate surface area is 278 Å². The van der Waals surface area contributed by atoms with Crippen molar-refractivity contribution in [3.8, 4) is 11.8 Å². The van der Waals surface area contributed by atoms with Crippen LogP contribution in [0.25, 0.3) is 0 Å². The van der Waals surface area contributed by atoms with Gasteiger partial charge in [-0.05, 0) is 94.0 Å². The van der Waals surface area contributed by atoms with Crippen LogP contribution in [0, 0.1) is 23.7 Å². The van der Waals surface area contributed by atoms with E-state index in [-0.39, 0.29) is 35.6 Å². The smallest absolute Gasteiger partial charge is 0.192 e. The van der Waals surface area contributed by atoms with Crippen molar-refractivity contribution in [3.05, 3.63) is 30.3 Å². The lowest BCUT2D eigenvalue weighted by molar-refractivity contribution is -0.187. The molecule has 5 aliphatic rings. The Morgan fingerprint density at radius 1 is 1.04 bits per heavy atom. The Morgan fingerprint density at radius 2 is 1.76 bits per heavy atom. The van der Waals surface area contributed by atoms with Gasteiger partial charge in [-0.2, -0.15) is 0 Å². The van der Waals surface area contributed by atoms with Gasteiger partial charge in [0.2, 0.25) is 0 Å². The zero-order valence-corrected chi connectivity index (χ0v) is 30.6. The van der Waals surface area contributed by atoms with Crippen LogP contribution in [0.15, 0.2) is 35.2 Å². The number of fused-ring (bicyclic) bond motifs is 3. The van der Waals surface area contributed by atoms with Crippen molar-refractivity contribution in [1.82, 2.24) is 4.90 Å². The summed E-state index contributed by atoms with van der Waals surface area (Å²) >= 11 is 5.93. The van der Waals surface area contributed by atoms with Crippen LogP contribution in [-0.2, 0) is 23.7 Å². The van der Waals surface area contributed by atoms with Gasteiger partial charge in [-0.1, -0.05) is 82.3 Å². The summed E-state index contributed by atoms with van der Waals surface area (Å²) in [6.07, 6.45) is 10.9. The molecule has 2 saturated carbocycles. The van der Waals surface area contributed by atoms with Crippen molar-refractivity contribution in [2.75, 3.05) is 6.61 Å². The molecule has 3 aliphatic heterocycles. The quantitative estimate of drug-likeness (QED) is 0.168. The second kappa shape index (κ2) is 13.0. The van der Waals surface area contributed by atoms with Crippen LogP contribution in [0.4, 0.5) is 0 Å². The van der Waals surface area contributed by atoms with Crippen molar-refractivity contribution < 1.29 is 22.3 Å². The first-order chi connectivity index (χ1) is 21.3. The fourth-order valence-electron chi connectivity index (χ4n) is 8.46. The minimum atomic E-state index is -3.81. The topological polar surface area (TPSA) is 65.1 Å². The van der Waals surface area contributed by atoms with Crippen molar-refractivity contribution in [1.29, 1.82) is 0 Å². The van der Waals surface area contributed by atoms with Crippen LogP contribution in [0.2, 0.25) is 18.1 Å². The molecule has 1 aromatic carbocycles. The highest BCUT2D eigenvalue weighted by Crippen LogP contribution is 2.58. The summed E-state index contributed by atoms with van der Waals surface area (Å²) in [5.41, 5.74) is 0. The lowest BCUT2D eigenvalue weighted by Crippen LogP contribution is -2.52. The molecule has 3 heterocycles. The zero-order chi connectivity index (χ0) is 32.0. The van der Waals surface area contributed by atoms with Gasteiger partial charge in [0, 0.05) is 12.6 Å². The Kier molecular flexibility index (Phi) is 9.69. The van der Waals surface area contributed by atoms with Crippen LogP contribution >= 0.6 is 12.2 Å². The highest BCUT2D eigenvalue weighted by atomic mass is 32.2. The number of hydrogen-bond acceptors (Lipinski definition) is 6. The normalized spacial score (nSPS) is 33.4. The van der Waals surface area contributed by atoms with Crippen LogP contribution in [0.5, 0.6) is 0 Å². The summed E-state index contributed by atoms with van der Waals surface area (Å²) in [7, 11) is -6.08. The molecule has 45 heavy (non-hydrogen) atoms. The monoisotopic (exact) mass is 671 g/mol. The first kappa shape index (κ1) is 33.6. The van der Waals surface area contributed by atoms with Gasteiger partial charge in [-0.25, -0.2) is 8.42 Å². The van der Waals surface area contributed by atoms with E-state index < -0.39 is 28.8 Å². The van der Waals surface area contributed by atoms with Crippen molar-refractivity contribution in [3.63, 3.8) is 0 Å². The number of hydrogen-bond donors (Lipinski definition) is 0. The Balaban J connectivity index is 1.47. The van der Waals surface area contributed by atoms with Crippen molar-refractivity contribution in [2.24, 2.45) is 11.8 Å². The number of nitrogens with zero attached hydrogens (tertiary/aromatic N) is 1. The summed E-state index contributed by atoms with van der Waals surface area (Å²) in [5.74, 6) is 7.18. The third-order valence-electron chi connectivity index (χ3n) is 11.9. The maximum absolute atomic E-state index is 15.1. The molecule has 248 valence electrons. The van der Waals surface area contributed by atoms with E-state index in [1.807, 2.05) is 18.2 Å². The minimum absolute atomic E-state index is 0.0221. The first-order valence-corrected chi connectivity index (χ1v) is 22.2. The molecule has 7 atom stereocenters. The first-order valence-electron chi connectivity index (χ1n) is 17.4. The van der Waals surface area contributed by atoms with Gasteiger partial charge in [-0.15, -0.1) is 0 Å². The minimum Gasteiger partial charge on any atom is -0.413 e. The van der Waals surface area contributed by atoms with Gasteiger partial charge in [-0.3, -0.25) is 0 Å². The largest absolute Gasteiger partial charge is 0.413 e. The van der Waals surface area contributed by atoms with Crippen LogP contribution in [-0.4, -0.2) is 68.6 Å². The van der Waals surface area contributed by atoms with E-state index in [1.54, 1.807) is 12.1 Å². The van der Waals surface area contributed by atoms with E-state index >= 15 is 8.42 Å². The molecule has 0 aromatic heterocycles. The third kappa shape index (κ3) is 6.22. The second-order valence-electron chi connectivity index (χ2n) is 15.7. The Hall–Kier alpha value is -1.28. The molecule has 1 unspecified atom stereocenters. The maximum atomic E-state index is 15.1. The van der Waals surface area contributed by atoms with E-state index in [0.717, 1.165) is 56.5 Å². The molecule has 0 spiro atoms. The summed E-state index contributed by atoms with van der Waals surface area (Å²) in [6, 6.07) is 8.91. The molecule has 0 amide bonds. The summed E-state index contributed by atoms with van der Waals surface area (Å²) in [4.78, 5) is 3.56. The SMILES string of the molecule is CC(C)(C)[Si](C)(C)O[C@@H]1C[C@@H]2N3C(=S)CC[C@H]3C[C@]2(S(=O)(=O)c2ccccc2)[C@H]1C#C[C@@H](OC1CCCCO1)C1CCCCC1. The van der Waals surface area contributed by atoms with E-state index in [2.05, 4.69) is 50.6 Å². The standard InChI is InChI=1S/C36H53NO5S2Si/c1-35(2,3)45(4,5)42-31-24-32-36(25-27-19-22-33(43)37(27)32,44(38,39)28-16-10-7-11-17-28)29(31)20-21-30(26-14-8-6-9-15-26)41-34-18-12-13-23-40-34/h7,10-11,16-17,26-27,29-32,34H,6,8-9,12-15,18-19,22-25H2,1-5H3/t27-,29-,30+,31+,32-,34?,36-/m0/s1. The molecule has 2 aliphatic carbocycles. The maximum Gasteiger partial charge on any atom is 0.192 e. The van der Waals surface area contributed by atoms with E-state index in [0.29, 0.717) is 23.7 Å². The van der Waals surface area contributed by atoms with Gasteiger partial charge in [0.05, 0.1) is 27.9 Å². The molecule has 5 fully saturated rings. The molecule has 0 N–H and O–H groups in total. The predicted molar refractivity (Wildman–Crippen MR) is 185 cm³/mol. The molecule has 3 saturated heterocycles. The molecule has 0 radical (unpaired) electrons. The van der Waals surface area contributed by atoms with Crippen molar-refractivity contribution in [2.45, 2.75) is 156 Å². The third-order valence-corrected chi connectivity index (χ3v) is 19.4. The lowest BCUT2D eigenvalue weighted by atomic mass is 9.84. The van der Waals surface area contributed by atoms with Crippen molar-refractivity contribution >= 4 is 35.4 Å². The van der Waals surface area contributed by atoms with Gasteiger partial charge in [0.1, 0.15) is 10.9 Å². The highest BCUT2D eigenvalue weighted by Gasteiger charge is 2.71. The van der Waals surface area contributed by atoms with Gasteiger partial charge < -0.3 is 18.8 Å². The van der Waals surface area contributed by atoms with Gasteiger partial charge in [0.25, 0.3) is 0 Å². The number of benzene rings is 1. The Morgan fingerprint density at radius 3 is 2.42 bits per heavy atom. The molecule has 6 rings (SSSR count). The van der Waals surface area contributed by atoms with Crippen LogP contribution in [0.3, 0.4) is 0 Å². The number of ether oxygens (including phenoxy) is 2. The molecule has 6 nitrogen and oxygen atoms in total. The summed E-state index contributed by atoms with van der Waals surface area (Å²) < 4.78 is 49.1.